The van der Waals surface area contributed by atoms with Crippen LogP contribution in [-0.2, 0) is 8.85 Å². The van der Waals surface area contributed by atoms with Crippen LogP contribution in [0.1, 0.15) is 25.7 Å². The third-order valence-electron chi connectivity index (χ3n) is 2.85. The van der Waals surface area contributed by atoms with Crippen molar-refractivity contribution in [2.24, 2.45) is 0 Å². The van der Waals surface area contributed by atoms with Crippen LogP contribution in [0.4, 0.5) is 0 Å². The van der Waals surface area contributed by atoms with Crippen LogP contribution in [0.25, 0.3) is 0 Å². The van der Waals surface area contributed by atoms with E-state index in [9.17, 15) is 0 Å². The first-order chi connectivity index (χ1) is 6.77. The molecule has 0 spiro atoms. The van der Waals surface area contributed by atoms with Crippen molar-refractivity contribution in [1.29, 1.82) is 0 Å². The van der Waals surface area contributed by atoms with Gasteiger partial charge in [-0.1, -0.05) is 19.3 Å². The zero-order valence-corrected chi connectivity index (χ0v) is 10.5. The molecule has 0 radical (unpaired) electrons. The van der Waals surface area contributed by atoms with Gasteiger partial charge in [-0.05, 0) is 25.6 Å². The summed E-state index contributed by atoms with van der Waals surface area (Å²) in [5.74, 6) is 0. The Morgan fingerprint density at radius 2 is 1.93 bits per heavy atom. The maximum atomic E-state index is 5.86. The Morgan fingerprint density at radius 3 is 2.71 bits per heavy atom. The van der Waals surface area contributed by atoms with Crippen LogP contribution in [0, 0.1) is 0 Å². The Labute approximate surface area is 88.4 Å². The normalized spacial score (nSPS) is 32.1. The summed E-state index contributed by atoms with van der Waals surface area (Å²) < 4.78 is 11.4. The Kier molecular flexibility index (Phi) is 5.70. The predicted octanol–water partition coefficient (Wildman–Crippen LogP) is 1.88. The molecule has 0 amide bonds. The number of rotatable bonds is 1. The van der Waals surface area contributed by atoms with Gasteiger partial charge in [0, 0.05) is 20.3 Å². The van der Waals surface area contributed by atoms with E-state index in [2.05, 4.69) is 11.9 Å². The molecule has 1 N–H and O–H groups in total. The predicted molar refractivity (Wildman–Crippen MR) is 60.7 cm³/mol. The van der Waals surface area contributed by atoms with Gasteiger partial charge in [-0.25, -0.2) is 0 Å². The van der Waals surface area contributed by atoms with Gasteiger partial charge in [0.05, 0.1) is 0 Å². The summed E-state index contributed by atoms with van der Waals surface area (Å²) in [4.78, 5) is 0. The third-order valence-corrected chi connectivity index (χ3v) is 5.79. The maximum absolute atomic E-state index is 5.86. The van der Waals surface area contributed by atoms with E-state index in [4.69, 9.17) is 8.85 Å². The smallest absolute Gasteiger partial charge is 0.334 e. The van der Waals surface area contributed by atoms with Crippen molar-refractivity contribution in [3.05, 3.63) is 0 Å². The van der Waals surface area contributed by atoms with Crippen molar-refractivity contribution in [2.75, 3.05) is 26.8 Å². The van der Waals surface area contributed by atoms with Gasteiger partial charge in [-0.15, -0.1) is 0 Å². The molecule has 0 aromatic rings. The fourth-order valence-electron chi connectivity index (χ4n) is 1.75. The molecule has 1 rings (SSSR count). The summed E-state index contributed by atoms with van der Waals surface area (Å²) in [5, 5.41) is 3.39. The molecule has 1 heterocycles. The van der Waals surface area contributed by atoms with E-state index in [0.717, 1.165) is 25.7 Å². The molecule has 0 aromatic heterocycles. The lowest BCUT2D eigenvalue weighted by atomic mass is 10.2. The molecule has 1 fully saturated rings. The molecule has 3 nitrogen and oxygen atoms in total. The van der Waals surface area contributed by atoms with Gasteiger partial charge in [-0.2, -0.15) is 0 Å². The Bertz CT molecular complexity index is 143. The molecule has 1 saturated heterocycles. The molecule has 14 heavy (non-hydrogen) atoms. The molecule has 0 aliphatic carbocycles. The van der Waals surface area contributed by atoms with Crippen LogP contribution in [0.5, 0.6) is 0 Å². The van der Waals surface area contributed by atoms with Gasteiger partial charge in [-0.3, -0.25) is 0 Å². The minimum absolute atomic E-state index is 0.802. The molecule has 0 saturated carbocycles. The fourth-order valence-corrected chi connectivity index (χ4v) is 3.64. The van der Waals surface area contributed by atoms with Gasteiger partial charge in [0.1, 0.15) is 0 Å². The number of nitrogens with one attached hydrogen (secondary N) is 1. The second-order valence-electron chi connectivity index (χ2n) is 4.10. The summed E-state index contributed by atoms with van der Waals surface area (Å²) >= 11 is 0. The Hall–Kier alpha value is 0.0969. The topological polar surface area (TPSA) is 30.5 Å². The molecular weight excluding hydrogens is 194 g/mol. The van der Waals surface area contributed by atoms with Crippen molar-refractivity contribution < 1.29 is 8.85 Å². The quantitative estimate of drug-likeness (QED) is 0.680. The zero-order chi connectivity index (χ0) is 10.3. The lowest BCUT2D eigenvalue weighted by molar-refractivity contribution is 0.205. The minimum Gasteiger partial charge on any atom is -0.398 e. The fraction of sp³-hybridized carbons (Fsp3) is 1.00. The molecule has 84 valence electrons. The van der Waals surface area contributed by atoms with Crippen molar-refractivity contribution in [1.82, 2.24) is 5.32 Å². The van der Waals surface area contributed by atoms with Gasteiger partial charge >= 0.3 is 8.56 Å². The molecule has 1 aliphatic heterocycles. The average molecular weight is 217 g/mol. The van der Waals surface area contributed by atoms with E-state index in [1.165, 1.54) is 25.7 Å². The van der Waals surface area contributed by atoms with E-state index in [1.807, 2.05) is 0 Å². The summed E-state index contributed by atoms with van der Waals surface area (Å²) in [6.07, 6.45) is 5.21. The highest BCUT2D eigenvalue weighted by Gasteiger charge is 2.29. The highest BCUT2D eigenvalue weighted by molar-refractivity contribution is 6.65. The van der Waals surface area contributed by atoms with E-state index in [1.54, 1.807) is 7.11 Å². The lowest BCUT2D eigenvalue weighted by Gasteiger charge is -2.24. The summed E-state index contributed by atoms with van der Waals surface area (Å²) in [7, 11) is -0.0191. The average Bonchev–Trinajstić information content (AvgIpc) is 2.24. The summed E-state index contributed by atoms with van der Waals surface area (Å²) in [6.45, 7) is 5.07. The largest absolute Gasteiger partial charge is 0.398 e. The minimum atomic E-state index is -1.81. The van der Waals surface area contributed by atoms with Gasteiger partial charge < -0.3 is 14.2 Å². The highest BCUT2D eigenvalue weighted by Crippen LogP contribution is 2.17. The summed E-state index contributed by atoms with van der Waals surface area (Å²) in [6, 6.07) is 1.14. The first-order valence-electron chi connectivity index (χ1n) is 5.67. The summed E-state index contributed by atoms with van der Waals surface area (Å²) in [5.41, 5.74) is 0. The zero-order valence-electron chi connectivity index (χ0n) is 9.47. The van der Waals surface area contributed by atoms with Crippen LogP contribution in [0.15, 0.2) is 0 Å². The van der Waals surface area contributed by atoms with Gasteiger partial charge in [0.2, 0.25) is 0 Å². The van der Waals surface area contributed by atoms with Crippen molar-refractivity contribution in [3.63, 3.8) is 0 Å². The lowest BCUT2D eigenvalue weighted by Crippen LogP contribution is -2.39. The SMILES string of the molecule is CO[Si]1(C)CCCCCCNCCO1. The van der Waals surface area contributed by atoms with E-state index in [-0.39, 0.29) is 0 Å². The monoisotopic (exact) mass is 217 g/mol. The molecule has 1 atom stereocenters. The van der Waals surface area contributed by atoms with Crippen LogP contribution in [0.2, 0.25) is 12.6 Å². The van der Waals surface area contributed by atoms with E-state index in [0.29, 0.717) is 0 Å². The molecule has 0 bridgehead atoms. The second kappa shape index (κ2) is 6.56. The Balaban J connectivity index is 2.35. The molecular formula is C10H23NO2Si. The number of hydrogen-bond acceptors (Lipinski definition) is 3. The van der Waals surface area contributed by atoms with Crippen LogP contribution < -0.4 is 5.32 Å². The molecule has 1 unspecified atom stereocenters. The first-order valence-corrected chi connectivity index (χ1v) is 8.19. The first kappa shape index (κ1) is 12.2. The standard InChI is InChI=1S/C10H23NO2Si/c1-12-14(2)10-6-4-3-5-7-11-8-9-13-14/h11H,3-10H2,1-2H3. The van der Waals surface area contributed by atoms with Crippen molar-refractivity contribution in [2.45, 2.75) is 38.3 Å². The third kappa shape index (κ3) is 4.55. The Morgan fingerprint density at radius 1 is 1.14 bits per heavy atom. The molecule has 1 aliphatic rings. The van der Waals surface area contributed by atoms with Gasteiger partial charge in [0.15, 0.2) is 0 Å². The van der Waals surface area contributed by atoms with Crippen molar-refractivity contribution >= 4 is 8.56 Å². The van der Waals surface area contributed by atoms with Crippen LogP contribution in [0.3, 0.4) is 0 Å². The van der Waals surface area contributed by atoms with E-state index < -0.39 is 8.56 Å². The van der Waals surface area contributed by atoms with Crippen LogP contribution >= 0.6 is 0 Å². The second-order valence-corrected chi connectivity index (χ2v) is 7.57. The van der Waals surface area contributed by atoms with Gasteiger partial charge in [0.25, 0.3) is 0 Å². The van der Waals surface area contributed by atoms with Crippen LogP contribution in [-0.4, -0.2) is 35.4 Å². The molecule has 4 heteroatoms. The van der Waals surface area contributed by atoms with E-state index >= 15 is 0 Å². The molecule has 0 aromatic carbocycles. The highest BCUT2D eigenvalue weighted by atomic mass is 28.4. The maximum Gasteiger partial charge on any atom is 0.334 e. The van der Waals surface area contributed by atoms with Crippen molar-refractivity contribution in [3.8, 4) is 0 Å². The number of hydrogen-bond donors (Lipinski definition) is 1.